The third-order valence-electron chi connectivity index (χ3n) is 2.99. The van der Waals surface area contributed by atoms with Gasteiger partial charge in [-0.3, -0.25) is 16.3 Å². The third-order valence-corrected chi connectivity index (χ3v) is 2.99. The number of nitrogens with one attached hydrogen (secondary N) is 1. The van der Waals surface area contributed by atoms with Gasteiger partial charge in [-0.05, 0) is 30.7 Å². The largest absolute Gasteiger partial charge is 0.271 e. The Morgan fingerprint density at radius 3 is 2.68 bits per heavy atom. The SMILES string of the molecule is Cc1cc(C(Cc2ccccn2)NN)c(F)cc1F. The first-order valence-corrected chi connectivity index (χ1v) is 5.93. The zero-order valence-corrected chi connectivity index (χ0v) is 10.5. The van der Waals surface area contributed by atoms with Crippen LogP contribution in [0.25, 0.3) is 0 Å². The lowest BCUT2D eigenvalue weighted by atomic mass is 9.99. The van der Waals surface area contributed by atoms with Gasteiger partial charge in [-0.15, -0.1) is 0 Å². The van der Waals surface area contributed by atoms with Gasteiger partial charge in [0.1, 0.15) is 11.6 Å². The summed E-state index contributed by atoms with van der Waals surface area (Å²) in [6.45, 7) is 1.59. The van der Waals surface area contributed by atoms with E-state index in [1.54, 1.807) is 19.2 Å². The fourth-order valence-corrected chi connectivity index (χ4v) is 1.93. The van der Waals surface area contributed by atoms with Crippen molar-refractivity contribution in [3.05, 3.63) is 65.0 Å². The maximum atomic E-state index is 13.8. The number of benzene rings is 1. The van der Waals surface area contributed by atoms with E-state index in [1.165, 1.54) is 6.07 Å². The van der Waals surface area contributed by atoms with Crippen LogP contribution in [0, 0.1) is 18.6 Å². The molecule has 0 bridgehead atoms. The van der Waals surface area contributed by atoms with Gasteiger partial charge >= 0.3 is 0 Å². The molecule has 0 aliphatic rings. The standard InChI is InChI=1S/C14H15F2N3/c1-9-6-11(13(16)8-12(9)15)14(19-17)7-10-4-2-3-5-18-10/h2-6,8,14,19H,7,17H2,1H3. The van der Waals surface area contributed by atoms with Gasteiger partial charge in [0, 0.05) is 29.9 Å². The van der Waals surface area contributed by atoms with E-state index in [9.17, 15) is 8.78 Å². The number of hydrogen-bond acceptors (Lipinski definition) is 3. The van der Waals surface area contributed by atoms with Crippen LogP contribution >= 0.6 is 0 Å². The number of hydrogen-bond donors (Lipinski definition) is 2. The fourth-order valence-electron chi connectivity index (χ4n) is 1.93. The molecular weight excluding hydrogens is 248 g/mol. The Bertz CT molecular complexity index is 558. The molecule has 0 fully saturated rings. The molecule has 0 aliphatic heterocycles. The molecule has 0 saturated carbocycles. The van der Waals surface area contributed by atoms with Crippen molar-refractivity contribution in [2.45, 2.75) is 19.4 Å². The lowest BCUT2D eigenvalue weighted by Crippen LogP contribution is -2.30. The number of rotatable bonds is 4. The first-order valence-electron chi connectivity index (χ1n) is 5.93. The van der Waals surface area contributed by atoms with Gasteiger partial charge in [-0.1, -0.05) is 6.07 Å². The van der Waals surface area contributed by atoms with Crippen molar-refractivity contribution >= 4 is 0 Å². The maximum absolute atomic E-state index is 13.8. The van der Waals surface area contributed by atoms with E-state index in [4.69, 9.17) is 5.84 Å². The molecule has 1 unspecified atom stereocenters. The van der Waals surface area contributed by atoms with E-state index < -0.39 is 17.7 Å². The highest BCUT2D eigenvalue weighted by atomic mass is 19.1. The Balaban J connectivity index is 2.30. The highest BCUT2D eigenvalue weighted by molar-refractivity contribution is 5.29. The molecule has 5 heteroatoms. The minimum Gasteiger partial charge on any atom is -0.271 e. The Kier molecular flexibility index (Phi) is 4.19. The summed E-state index contributed by atoms with van der Waals surface area (Å²) in [4.78, 5) is 4.17. The van der Waals surface area contributed by atoms with Gasteiger partial charge in [-0.25, -0.2) is 8.78 Å². The normalized spacial score (nSPS) is 12.4. The number of halogens is 2. The van der Waals surface area contributed by atoms with E-state index in [0.29, 0.717) is 17.5 Å². The van der Waals surface area contributed by atoms with E-state index in [0.717, 1.165) is 11.8 Å². The minimum absolute atomic E-state index is 0.340. The number of nitrogens with zero attached hydrogens (tertiary/aromatic N) is 1. The summed E-state index contributed by atoms with van der Waals surface area (Å²) in [5, 5.41) is 0. The Morgan fingerprint density at radius 1 is 1.26 bits per heavy atom. The van der Waals surface area contributed by atoms with Crippen LogP contribution in [0.2, 0.25) is 0 Å². The molecule has 1 aromatic heterocycles. The van der Waals surface area contributed by atoms with E-state index >= 15 is 0 Å². The summed E-state index contributed by atoms with van der Waals surface area (Å²) in [5.41, 5.74) is 4.06. The summed E-state index contributed by atoms with van der Waals surface area (Å²) < 4.78 is 27.1. The van der Waals surface area contributed by atoms with Gasteiger partial charge in [0.25, 0.3) is 0 Å². The van der Waals surface area contributed by atoms with Gasteiger partial charge in [0.2, 0.25) is 0 Å². The molecule has 3 N–H and O–H groups in total. The first-order chi connectivity index (χ1) is 9.11. The number of aromatic nitrogens is 1. The van der Waals surface area contributed by atoms with Crippen LogP contribution < -0.4 is 11.3 Å². The van der Waals surface area contributed by atoms with Crippen molar-refractivity contribution in [2.24, 2.45) is 5.84 Å². The molecule has 0 amide bonds. The average Bonchev–Trinajstić information content (AvgIpc) is 2.42. The second-order valence-corrected chi connectivity index (χ2v) is 4.37. The van der Waals surface area contributed by atoms with Crippen molar-refractivity contribution in [2.75, 3.05) is 0 Å². The zero-order chi connectivity index (χ0) is 13.8. The van der Waals surface area contributed by atoms with Crippen molar-refractivity contribution in [1.29, 1.82) is 0 Å². The van der Waals surface area contributed by atoms with Crippen LogP contribution in [0.1, 0.15) is 22.9 Å². The Hall–Kier alpha value is -1.85. The maximum Gasteiger partial charge on any atom is 0.130 e. The smallest absolute Gasteiger partial charge is 0.130 e. The zero-order valence-electron chi connectivity index (χ0n) is 10.5. The molecule has 0 aliphatic carbocycles. The number of hydrazine groups is 1. The highest BCUT2D eigenvalue weighted by Gasteiger charge is 2.17. The van der Waals surface area contributed by atoms with Crippen LogP contribution in [0.15, 0.2) is 36.5 Å². The molecular formula is C14H15F2N3. The Labute approximate surface area is 110 Å². The quantitative estimate of drug-likeness (QED) is 0.658. The lowest BCUT2D eigenvalue weighted by molar-refractivity contribution is 0.497. The van der Waals surface area contributed by atoms with Crippen molar-refractivity contribution < 1.29 is 8.78 Å². The van der Waals surface area contributed by atoms with Gasteiger partial charge in [0.15, 0.2) is 0 Å². The Morgan fingerprint density at radius 2 is 2.05 bits per heavy atom. The van der Waals surface area contributed by atoms with Crippen LogP contribution in [-0.4, -0.2) is 4.98 Å². The predicted octanol–water partition coefficient (Wildman–Crippen LogP) is 2.42. The summed E-state index contributed by atoms with van der Waals surface area (Å²) in [7, 11) is 0. The van der Waals surface area contributed by atoms with Gasteiger partial charge in [0.05, 0.1) is 6.04 Å². The van der Waals surface area contributed by atoms with Crippen LogP contribution in [0.5, 0.6) is 0 Å². The number of pyridine rings is 1. The molecule has 3 nitrogen and oxygen atoms in total. The van der Waals surface area contributed by atoms with Crippen molar-refractivity contribution in [3.63, 3.8) is 0 Å². The van der Waals surface area contributed by atoms with Gasteiger partial charge < -0.3 is 0 Å². The summed E-state index contributed by atoms with van der Waals surface area (Å²) in [6.07, 6.45) is 2.09. The molecule has 1 aromatic carbocycles. The molecule has 0 spiro atoms. The number of aryl methyl sites for hydroxylation is 1. The van der Waals surface area contributed by atoms with Crippen molar-refractivity contribution in [1.82, 2.24) is 10.4 Å². The molecule has 2 aromatic rings. The minimum atomic E-state index is -0.609. The molecule has 0 saturated heterocycles. The molecule has 0 radical (unpaired) electrons. The van der Waals surface area contributed by atoms with E-state index in [1.807, 2.05) is 12.1 Å². The molecule has 100 valence electrons. The second kappa shape index (κ2) is 5.86. The molecule has 1 atom stereocenters. The number of nitrogens with two attached hydrogens (primary N) is 1. The summed E-state index contributed by atoms with van der Waals surface area (Å²) >= 11 is 0. The summed E-state index contributed by atoms with van der Waals surface area (Å²) in [5.74, 6) is 4.30. The van der Waals surface area contributed by atoms with Crippen molar-refractivity contribution in [3.8, 4) is 0 Å². The summed E-state index contributed by atoms with van der Waals surface area (Å²) in [6, 6.07) is 7.39. The third kappa shape index (κ3) is 3.13. The first kappa shape index (κ1) is 13.6. The fraction of sp³-hybridized carbons (Fsp3) is 0.214. The van der Waals surface area contributed by atoms with E-state index in [2.05, 4.69) is 10.4 Å². The molecule has 1 heterocycles. The van der Waals surface area contributed by atoms with E-state index in [-0.39, 0.29) is 0 Å². The van der Waals surface area contributed by atoms with Gasteiger partial charge in [-0.2, -0.15) is 0 Å². The second-order valence-electron chi connectivity index (χ2n) is 4.37. The van der Waals surface area contributed by atoms with Crippen LogP contribution in [0.3, 0.4) is 0 Å². The topological polar surface area (TPSA) is 50.9 Å². The average molecular weight is 263 g/mol. The lowest BCUT2D eigenvalue weighted by Gasteiger charge is -2.17. The van der Waals surface area contributed by atoms with Crippen LogP contribution in [0.4, 0.5) is 8.78 Å². The van der Waals surface area contributed by atoms with Crippen LogP contribution in [-0.2, 0) is 6.42 Å². The molecule has 19 heavy (non-hydrogen) atoms. The predicted molar refractivity (Wildman–Crippen MR) is 69.1 cm³/mol. The monoisotopic (exact) mass is 263 g/mol. The molecule has 2 rings (SSSR count). The highest BCUT2D eigenvalue weighted by Crippen LogP contribution is 2.22.